The molecule has 0 heterocycles. The smallest absolute Gasteiger partial charge is 0.333 e. The number of nitrogens with one attached hydrogen (secondary N) is 1. The minimum absolute atomic E-state index is 0.214. The van der Waals surface area contributed by atoms with Gasteiger partial charge in [-0.15, -0.1) is 0 Å². The van der Waals surface area contributed by atoms with Gasteiger partial charge in [0.15, 0.2) is 6.10 Å². The predicted molar refractivity (Wildman–Crippen MR) is 168 cm³/mol. The van der Waals surface area contributed by atoms with Gasteiger partial charge in [-0.3, -0.25) is 0 Å². The number of para-hydroxylation sites is 1. The van der Waals surface area contributed by atoms with Gasteiger partial charge in [0.25, 0.3) is 0 Å². The van der Waals surface area contributed by atoms with Gasteiger partial charge in [0.1, 0.15) is 29.7 Å². The van der Waals surface area contributed by atoms with Crippen molar-refractivity contribution in [1.29, 1.82) is 0 Å². The first-order valence-electron chi connectivity index (χ1n) is 14.7. The van der Waals surface area contributed by atoms with Gasteiger partial charge >= 0.3 is 12.0 Å². The number of halogens is 1. The molecule has 10 heteroatoms. The summed E-state index contributed by atoms with van der Waals surface area (Å²) in [4.78, 5) is 26.2. The summed E-state index contributed by atoms with van der Waals surface area (Å²) in [5.41, 5.74) is 2.23. The zero-order valence-electron chi connectivity index (χ0n) is 25.1. The summed E-state index contributed by atoms with van der Waals surface area (Å²) >= 11 is 0. The Morgan fingerprint density at radius 1 is 0.800 bits per heavy atom. The summed E-state index contributed by atoms with van der Waals surface area (Å²) in [6.07, 6.45) is -0.666. The first-order chi connectivity index (χ1) is 21.9. The molecular weight excluding hydrogens is 579 g/mol. The van der Waals surface area contributed by atoms with Gasteiger partial charge in [-0.05, 0) is 78.7 Å². The fourth-order valence-corrected chi connectivity index (χ4v) is 4.32. The molecule has 0 aliphatic carbocycles. The van der Waals surface area contributed by atoms with Gasteiger partial charge in [0, 0.05) is 25.3 Å². The maximum atomic E-state index is 13.3. The van der Waals surface area contributed by atoms with Crippen molar-refractivity contribution in [3.8, 4) is 17.2 Å². The lowest BCUT2D eigenvalue weighted by Crippen LogP contribution is -2.40. The summed E-state index contributed by atoms with van der Waals surface area (Å²) < 4.78 is 36.0. The normalized spacial score (nSPS) is 11.4. The highest BCUT2D eigenvalue weighted by molar-refractivity contribution is 5.89. The molecule has 45 heavy (non-hydrogen) atoms. The number of anilines is 1. The van der Waals surface area contributed by atoms with Crippen LogP contribution in [0.2, 0.25) is 0 Å². The maximum Gasteiger partial charge on any atom is 0.333 e. The van der Waals surface area contributed by atoms with Crippen molar-refractivity contribution < 1.29 is 38.0 Å². The van der Waals surface area contributed by atoms with E-state index in [1.807, 2.05) is 30.3 Å². The number of carboxylic acid groups (broad SMARTS) is 1. The molecule has 0 aliphatic rings. The molecule has 0 aliphatic heterocycles. The van der Waals surface area contributed by atoms with Crippen LogP contribution in [0.3, 0.4) is 0 Å². The van der Waals surface area contributed by atoms with Crippen molar-refractivity contribution in [3.05, 3.63) is 120 Å². The number of amides is 2. The Morgan fingerprint density at radius 2 is 1.42 bits per heavy atom. The van der Waals surface area contributed by atoms with E-state index < -0.39 is 12.1 Å². The van der Waals surface area contributed by atoms with Gasteiger partial charge in [0.2, 0.25) is 0 Å². The zero-order valence-corrected chi connectivity index (χ0v) is 25.1. The Morgan fingerprint density at radius 3 is 2.09 bits per heavy atom. The summed E-state index contributed by atoms with van der Waals surface area (Å²) in [6.45, 7) is 3.39. The second-order valence-electron chi connectivity index (χ2n) is 10.0. The highest BCUT2D eigenvalue weighted by Crippen LogP contribution is 2.23. The molecule has 9 nitrogen and oxygen atoms in total. The molecule has 0 fully saturated rings. The van der Waals surface area contributed by atoms with E-state index in [1.54, 1.807) is 72.5 Å². The van der Waals surface area contributed by atoms with Crippen molar-refractivity contribution in [2.75, 3.05) is 38.2 Å². The van der Waals surface area contributed by atoms with Crippen LogP contribution < -0.4 is 14.8 Å². The van der Waals surface area contributed by atoms with E-state index in [-0.39, 0.29) is 44.6 Å². The number of carbonyl (C=O) groups excluding carboxylic acids is 1. The standard InChI is InChI=1S/C35H37FN2O7/c1-2-43-33(34(39)40)24-26-10-16-30(17-11-26)44-23-21-38(20-22-42-25-27-8-12-28(36)13-9-27)35(41)37-29-14-18-32(19-15-29)45-31-6-4-3-5-7-31/h3-19,33H,2,20-25H2,1H3,(H,37,41)(H,39,40). The van der Waals surface area contributed by atoms with Gasteiger partial charge < -0.3 is 34.3 Å². The highest BCUT2D eigenvalue weighted by Gasteiger charge is 2.18. The summed E-state index contributed by atoms with van der Waals surface area (Å²) in [5, 5.41) is 12.2. The predicted octanol–water partition coefficient (Wildman–Crippen LogP) is 6.78. The number of carboxylic acids is 1. The van der Waals surface area contributed by atoms with Crippen molar-refractivity contribution >= 4 is 17.7 Å². The van der Waals surface area contributed by atoms with Crippen LogP contribution in [-0.2, 0) is 27.3 Å². The van der Waals surface area contributed by atoms with Gasteiger partial charge in [-0.1, -0.05) is 42.5 Å². The number of nitrogens with zero attached hydrogens (tertiary/aromatic N) is 1. The molecule has 4 aromatic carbocycles. The molecule has 236 valence electrons. The first kappa shape index (κ1) is 33.0. The minimum atomic E-state index is -1.01. The average molecular weight is 617 g/mol. The molecule has 4 rings (SSSR count). The van der Waals surface area contributed by atoms with Crippen LogP contribution in [0.25, 0.3) is 0 Å². The fourth-order valence-electron chi connectivity index (χ4n) is 4.32. The summed E-state index contributed by atoms with van der Waals surface area (Å²) in [6, 6.07) is 29.3. The average Bonchev–Trinajstić information content (AvgIpc) is 3.05. The molecule has 0 aromatic heterocycles. The van der Waals surface area contributed by atoms with Crippen LogP contribution in [0.15, 0.2) is 103 Å². The van der Waals surface area contributed by atoms with Crippen molar-refractivity contribution in [3.63, 3.8) is 0 Å². The van der Waals surface area contributed by atoms with E-state index in [0.29, 0.717) is 36.1 Å². The Hall–Kier alpha value is -4.93. The van der Waals surface area contributed by atoms with Crippen molar-refractivity contribution in [2.45, 2.75) is 26.1 Å². The van der Waals surface area contributed by atoms with E-state index in [4.69, 9.17) is 18.9 Å². The van der Waals surface area contributed by atoms with Crippen LogP contribution in [0.1, 0.15) is 18.1 Å². The fraction of sp³-hybridized carbons (Fsp3) is 0.257. The van der Waals surface area contributed by atoms with Gasteiger partial charge in [0.05, 0.1) is 19.8 Å². The maximum absolute atomic E-state index is 13.3. The lowest BCUT2D eigenvalue weighted by molar-refractivity contribution is -0.149. The SMILES string of the molecule is CCOC(Cc1ccc(OCCN(CCOCc2ccc(F)cc2)C(=O)Nc2ccc(Oc3ccccc3)cc2)cc1)C(=O)O. The second kappa shape index (κ2) is 17.4. The third-order valence-electron chi connectivity index (χ3n) is 6.68. The molecule has 0 saturated carbocycles. The van der Waals surface area contributed by atoms with E-state index in [0.717, 1.165) is 11.1 Å². The molecule has 0 spiro atoms. The van der Waals surface area contributed by atoms with Gasteiger partial charge in [-0.2, -0.15) is 0 Å². The molecule has 2 N–H and O–H groups in total. The number of rotatable bonds is 17. The van der Waals surface area contributed by atoms with Crippen LogP contribution in [-0.4, -0.2) is 61.0 Å². The quantitative estimate of drug-likeness (QED) is 0.126. The zero-order chi connectivity index (χ0) is 31.9. The lowest BCUT2D eigenvalue weighted by Gasteiger charge is -2.23. The Kier molecular flexibility index (Phi) is 12.7. The first-order valence-corrected chi connectivity index (χ1v) is 14.7. The Bertz CT molecular complexity index is 1470. The monoisotopic (exact) mass is 616 g/mol. The molecule has 4 aromatic rings. The molecule has 0 saturated heterocycles. The van der Waals surface area contributed by atoms with E-state index in [1.165, 1.54) is 12.1 Å². The summed E-state index contributed by atoms with van der Waals surface area (Å²) in [7, 11) is 0. The number of aliphatic carboxylic acids is 1. The third kappa shape index (κ3) is 11.3. The summed E-state index contributed by atoms with van der Waals surface area (Å²) in [5.74, 6) is 0.621. The van der Waals surface area contributed by atoms with Crippen LogP contribution in [0.4, 0.5) is 14.9 Å². The van der Waals surface area contributed by atoms with Crippen LogP contribution in [0.5, 0.6) is 17.2 Å². The number of benzene rings is 4. The number of ether oxygens (including phenoxy) is 4. The van der Waals surface area contributed by atoms with Crippen LogP contribution >= 0.6 is 0 Å². The number of hydrogen-bond donors (Lipinski definition) is 2. The molecule has 2 amide bonds. The van der Waals surface area contributed by atoms with Crippen molar-refractivity contribution in [2.24, 2.45) is 0 Å². The van der Waals surface area contributed by atoms with Crippen molar-refractivity contribution in [1.82, 2.24) is 4.90 Å². The van der Waals surface area contributed by atoms with Gasteiger partial charge in [-0.25, -0.2) is 14.0 Å². The van der Waals surface area contributed by atoms with Crippen LogP contribution in [0, 0.1) is 5.82 Å². The largest absolute Gasteiger partial charge is 0.492 e. The number of urea groups is 1. The third-order valence-corrected chi connectivity index (χ3v) is 6.68. The Balaban J connectivity index is 1.32. The minimum Gasteiger partial charge on any atom is -0.492 e. The second-order valence-corrected chi connectivity index (χ2v) is 10.0. The molecule has 0 bridgehead atoms. The number of carbonyl (C=O) groups is 2. The molecule has 0 radical (unpaired) electrons. The lowest BCUT2D eigenvalue weighted by atomic mass is 10.1. The number of hydrogen-bond acceptors (Lipinski definition) is 6. The molecule has 1 atom stereocenters. The topological polar surface area (TPSA) is 107 Å². The van der Waals surface area contributed by atoms with E-state index in [2.05, 4.69) is 5.32 Å². The van der Waals surface area contributed by atoms with E-state index in [9.17, 15) is 19.1 Å². The Labute approximate surface area is 262 Å². The molecule has 1 unspecified atom stereocenters. The van der Waals surface area contributed by atoms with E-state index >= 15 is 0 Å². The highest BCUT2D eigenvalue weighted by atomic mass is 19.1. The molecular formula is C35H37FN2O7.